The molecule has 7 heteroatoms. The number of likely N-dealkylation sites (tertiary alicyclic amines) is 1. The van der Waals surface area contributed by atoms with E-state index in [1.165, 1.54) is 4.90 Å². The van der Waals surface area contributed by atoms with Crippen molar-refractivity contribution in [2.24, 2.45) is 5.92 Å². The molecule has 6 rings (SSSR count). The summed E-state index contributed by atoms with van der Waals surface area (Å²) in [5, 5.41) is 1.05. The van der Waals surface area contributed by atoms with Crippen molar-refractivity contribution < 1.29 is 23.8 Å². The monoisotopic (exact) mass is 496 g/mol. The number of amides is 2. The molecule has 37 heavy (non-hydrogen) atoms. The summed E-state index contributed by atoms with van der Waals surface area (Å²) in [6.07, 6.45) is 0.508. The van der Waals surface area contributed by atoms with Gasteiger partial charge in [0.05, 0.1) is 39.7 Å². The number of rotatable bonds is 6. The van der Waals surface area contributed by atoms with Crippen molar-refractivity contribution in [2.75, 3.05) is 21.3 Å². The van der Waals surface area contributed by atoms with Gasteiger partial charge in [0.2, 0.25) is 17.6 Å². The first kappa shape index (κ1) is 23.2. The summed E-state index contributed by atoms with van der Waals surface area (Å²) in [6, 6.07) is 21.6. The highest BCUT2D eigenvalue weighted by molar-refractivity contribution is 6.09. The summed E-state index contributed by atoms with van der Waals surface area (Å²) in [5.41, 5.74) is 4.70. The van der Waals surface area contributed by atoms with Gasteiger partial charge in [-0.25, -0.2) is 0 Å². The standard InChI is InChI=1S/C30H28N2O5/c1-35-23-13-18(14-24(36-2)28(23)37-3)20-15-21-26(27-25(20)19-11-7-8-12-22(19)31-27)30(34)32(29(21)33)16-17-9-5-4-6-10-17/h4-14,20-21,26,31H,15-16H2,1-3H3/t20-,21-,26-/m1/s1. The third-order valence-electron chi connectivity index (χ3n) is 7.72. The van der Waals surface area contributed by atoms with Crippen LogP contribution in [0.1, 0.15) is 40.6 Å². The minimum absolute atomic E-state index is 0.124. The lowest BCUT2D eigenvalue weighted by Crippen LogP contribution is -2.30. The molecule has 1 aliphatic heterocycles. The van der Waals surface area contributed by atoms with Gasteiger partial charge >= 0.3 is 0 Å². The Morgan fingerprint density at radius 1 is 0.865 bits per heavy atom. The number of imide groups is 1. The number of H-pyrrole nitrogens is 1. The van der Waals surface area contributed by atoms with Crippen LogP contribution in [-0.4, -0.2) is 43.0 Å². The number of para-hydroxylation sites is 1. The van der Waals surface area contributed by atoms with E-state index in [4.69, 9.17) is 14.2 Å². The van der Waals surface area contributed by atoms with Crippen molar-refractivity contribution >= 4 is 22.7 Å². The van der Waals surface area contributed by atoms with E-state index in [-0.39, 0.29) is 24.3 Å². The Kier molecular flexibility index (Phi) is 5.63. The second kappa shape index (κ2) is 9.00. The summed E-state index contributed by atoms with van der Waals surface area (Å²) in [4.78, 5) is 32.4. The van der Waals surface area contributed by atoms with E-state index in [1.807, 2.05) is 60.7 Å². The minimum Gasteiger partial charge on any atom is -0.493 e. The molecule has 3 atom stereocenters. The van der Waals surface area contributed by atoms with Crippen LogP contribution in [0, 0.1) is 5.92 Å². The lowest BCUT2D eigenvalue weighted by atomic mass is 9.71. The van der Waals surface area contributed by atoms with Gasteiger partial charge in [0.1, 0.15) is 0 Å². The van der Waals surface area contributed by atoms with Crippen LogP contribution in [0.2, 0.25) is 0 Å². The molecular weight excluding hydrogens is 468 g/mol. The van der Waals surface area contributed by atoms with Crippen molar-refractivity contribution in [3.05, 3.63) is 89.1 Å². The van der Waals surface area contributed by atoms with Gasteiger partial charge < -0.3 is 19.2 Å². The van der Waals surface area contributed by atoms with Crippen molar-refractivity contribution in [3.8, 4) is 17.2 Å². The Hall–Kier alpha value is -4.26. The average molecular weight is 497 g/mol. The quantitative estimate of drug-likeness (QED) is 0.380. The molecule has 1 saturated heterocycles. The highest BCUT2D eigenvalue weighted by atomic mass is 16.5. The zero-order valence-corrected chi connectivity index (χ0v) is 21.0. The number of aromatic nitrogens is 1. The largest absolute Gasteiger partial charge is 0.493 e. The number of ether oxygens (including phenoxy) is 3. The van der Waals surface area contributed by atoms with E-state index in [9.17, 15) is 9.59 Å². The van der Waals surface area contributed by atoms with Gasteiger partial charge in [0.25, 0.3) is 0 Å². The molecule has 1 N–H and O–H groups in total. The molecule has 1 aliphatic carbocycles. The Labute approximate surface area is 214 Å². The number of benzene rings is 3. The average Bonchev–Trinajstić information content (AvgIpc) is 3.43. The first-order valence-electron chi connectivity index (χ1n) is 12.3. The van der Waals surface area contributed by atoms with Crippen molar-refractivity contribution in [1.29, 1.82) is 0 Å². The molecule has 7 nitrogen and oxygen atoms in total. The summed E-state index contributed by atoms with van der Waals surface area (Å²) in [5.74, 6) is 0.227. The van der Waals surface area contributed by atoms with Gasteiger partial charge in [0, 0.05) is 22.5 Å². The second-order valence-electron chi connectivity index (χ2n) is 9.58. The molecule has 0 spiro atoms. The topological polar surface area (TPSA) is 80.9 Å². The number of aromatic amines is 1. The van der Waals surface area contributed by atoms with Crippen LogP contribution in [0.3, 0.4) is 0 Å². The van der Waals surface area contributed by atoms with Crippen molar-refractivity contribution in [3.63, 3.8) is 0 Å². The fourth-order valence-corrected chi connectivity index (χ4v) is 6.06. The lowest BCUT2D eigenvalue weighted by Gasteiger charge is -2.30. The smallest absolute Gasteiger partial charge is 0.239 e. The van der Waals surface area contributed by atoms with Crippen LogP contribution in [0.5, 0.6) is 17.2 Å². The Morgan fingerprint density at radius 3 is 2.22 bits per heavy atom. The molecule has 2 amide bonds. The predicted molar refractivity (Wildman–Crippen MR) is 139 cm³/mol. The molecule has 4 aromatic rings. The van der Waals surface area contributed by atoms with Crippen LogP contribution < -0.4 is 14.2 Å². The molecule has 1 aromatic heterocycles. The first-order chi connectivity index (χ1) is 18.0. The SMILES string of the molecule is COc1cc([C@H]2C[C@H]3C(=O)N(Cc4ccccc4)C(=O)[C@H]3c3[nH]c4ccccc4c32)cc(OC)c1OC. The highest BCUT2D eigenvalue weighted by Crippen LogP contribution is 2.53. The molecule has 0 saturated carbocycles. The predicted octanol–water partition coefficient (Wildman–Crippen LogP) is 5.00. The fraction of sp³-hybridized carbons (Fsp3) is 0.267. The van der Waals surface area contributed by atoms with Crippen LogP contribution in [0.25, 0.3) is 10.9 Å². The molecule has 0 radical (unpaired) electrons. The number of hydrogen-bond donors (Lipinski definition) is 1. The first-order valence-corrected chi connectivity index (χ1v) is 12.3. The molecule has 1 fully saturated rings. The van der Waals surface area contributed by atoms with Gasteiger partial charge in [-0.3, -0.25) is 14.5 Å². The number of carbonyl (C=O) groups is 2. The van der Waals surface area contributed by atoms with Gasteiger partial charge in [-0.2, -0.15) is 0 Å². The Morgan fingerprint density at radius 2 is 1.54 bits per heavy atom. The van der Waals surface area contributed by atoms with E-state index >= 15 is 0 Å². The van der Waals surface area contributed by atoms with E-state index in [0.717, 1.165) is 33.3 Å². The number of methoxy groups -OCH3 is 3. The molecule has 3 aromatic carbocycles. The summed E-state index contributed by atoms with van der Waals surface area (Å²) < 4.78 is 16.8. The van der Waals surface area contributed by atoms with E-state index < -0.39 is 11.8 Å². The Balaban J connectivity index is 1.50. The van der Waals surface area contributed by atoms with E-state index in [2.05, 4.69) is 11.1 Å². The van der Waals surface area contributed by atoms with Crippen molar-refractivity contribution in [1.82, 2.24) is 9.88 Å². The van der Waals surface area contributed by atoms with E-state index in [0.29, 0.717) is 23.7 Å². The minimum atomic E-state index is -0.531. The van der Waals surface area contributed by atoms with Crippen LogP contribution in [0.4, 0.5) is 0 Å². The molecule has 0 bridgehead atoms. The van der Waals surface area contributed by atoms with Crippen LogP contribution in [0.15, 0.2) is 66.7 Å². The van der Waals surface area contributed by atoms with Gasteiger partial charge in [-0.15, -0.1) is 0 Å². The molecule has 188 valence electrons. The van der Waals surface area contributed by atoms with Gasteiger partial charge in [-0.05, 0) is 41.3 Å². The number of fused-ring (bicyclic) bond motifs is 5. The number of carbonyl (C=O) groups excluding carboxylic acids is 2. The summed E-state index contributed by atoms with van der Waals surface area (Å²) in [6.45, 7) is 0.274. The maximum atomic E-state index is 13.8. The fourth-order valence-electron chi connectivity index (χ4n) is 6.06. The lowest BCUT2D eigenvalue weighted by molar-refractivity contribution is -0.140. The maximum Gasteiger partial charge on any atom is 0.239 e. The van der Waals surface area contributed by atoms with Crippen LogP contribution >= 0.6 is 0 Å². The normalized spacial score (nSPS) is 20.6. The van der Waals surface area contributed by atoms with Crippen LogP contribution in [-0.2, 0) is 16.1 Å². The molecule has 2 heterocycles. The summed E-state index contributed by atoms with van der Waals surface area (Å²) in [7, 11) is 4.76. The van der Waals surface area contributed by atoms with Gasteiger partial charge in [0.15, 0.2) is 11.5 Å². The maximum absolute atomic E-state index is 13.8. The third kappa shape index (κ3) is 3.56. The van der Waals surface area contributed by atoms with Crippen molar-refractivity contribution in [2.45, 2.75) is 24.8 Å². The second-order valence-corrected chi connectivity index (χ2v) is 9.58. The third-order valence-corrected chi connectivity index (χ3v) is 7.72. The zero-order chi connectivity index (χ0) is 25.7. The number of nitrogens with one attached hydrogen (secondary N) is 1. The number of nitrogens with zero attached hydrogens (tertiary/aromatic N) is 1. The highest BCUT2D eigenvalue weighted by Gasteiger charge is 2.53. The van der Waals surface area contributed by atoms with E-state index in [1.54, 1.807) is 21.3 Å². The van der Waals surface area contributed by atoms with Gasteiger partial charge in [-0.1, -0.05) is 48.5 Å². The summed E-state index contributed by atoms with van der Waals surface area (Å²) >= 11 is 0. The number of hydrogen-bond acceptors (Lipinski definition) is 5. The molecule has 2 aliphatic rings. The molecule has 0 unspecified atom stereocenters. The zero-order valence-electron chi connectivity index (χ0n) is 21.0. The Bertz CT molecular complexity index is 1480. The molecular formula is C30H28N2O5.